The summed E-state index contributed by atoms with van der Waals surface area (Å²) in [6.45, 7) is 5.36. The first kappa shape index (κ1) is 18.3. The largest absolute Gasteiger partial charge is 0.451 e. The van der Waals surface area contributed by atoms with Crippen molar-refractivity contribution in [2.45, 2.75) is 32.8 Å². The summed E-state index contributed by atoms with van der Waals surface area (Å²) >= 11 is 1.56. The summed E-state index contributed by atoms with van der Waals surface area (Å²) in [6.07, 6.45) is 2.00. The van der Waals surface area contributed by atoms with Gasteiger partial charge in [0, 0.05) is 12.0 Å². The molecular formula is C23H22N2O3S. The maximum atomic E-state index is 13.5. The molecule has 29 heavy (non-hydrogen) atoms. The second-order valence-corrected chi connectivity index (χ2v) is 8.55. The van der Waals surface area contributed by atoms with Crippen molar-refractivity contribution in [2.24, 2.45) is 0 Å². The number of ether oxygens (including phenoxy) is 1. The Balaban J connectivity index is 1.58. The molecular weight excluding hydrogens is 384 g/mol. The van der Waals surface area contributed by atoms with E-state index < -0.39 is 0 Å². The van der Waals surface area contributed by atoms with Gasteiger partial charge in [-0.2, -0.15) is 0 Å². The monoisotopic (exact) mass is 406 g/mol. The van der Waals surface area contributed by atoms with Crippen LogP contribution in [0.25, 0.3) is 21.2 Å². The topological polar surface area (TPSA) is 55.6 Å². The lowest BCUT2D eigenvalue weighted by Gasteiger charge is -2.22. The van der Waals surface area contributed by atoms with E-state index in [0.29, 0.717) is 23.0 Å². The fourth-order valence-corrected chi connectivity index (χ4v) is 4.94. The zero-order valence-electron chi connectivity index (χ0n) is 16.5. The molecule has 2 aromatic heterocycles. The summed E-state index contributed by atoms with van der Waals surface area (Å²) < 4.78 is 12.8. The van der Waals surface area contributed by atoms with Crippen molar-refractivity contribution in [2.75, 3.05) is 18.1 Å². The molecule has 0 saturated carbocycles. The number of rotatable bonds is 4. The highest BCUT2D eigenvalue weighted by molar-refractivity contribution is 7.22. The van der Waals surface area contributed by atoms with Crippen molar-refractivity contribution in [3.8, 4) is 0 Å². The number of furan rings is 1. The first-order valence-electron chi connectivity index (χ1n) is 9.89. The van der Waals surface area contributed by atoms with Crippen molar-refractivity contribution in [3.05, 3.63) is 59.4 Å². The standard InChI is InChI=1S/C23H22N2O3S/c1-14-9-10-15(2)21-20(14)24-23(29-21)25(13-17-7-5-11-27-17)22(26)19-12-16-6-3-4-8-18(16)28-19/h3-4,6,8-10,12,17H,5,7,11,13H2,1-2H3/t17-/m0/s1. The van der Waals surface area contributed by atoms with Crippen LogP contribution in [0.15, 0.2) is 46.9 Å². The molecule has 1 aliphatic rings. The number of para-hydroxylation sites is 1. The van der Waals surface area contributed by atoms with Crippen LogP contribution in [-0.2, 0) is 4.74 Å². The number of amides is 1. The number of anilines is 1. The van der Waals surface area contributed by atoms with E-state index in [2.05, 4.69) is 26.0 Å². The van der Waals surface area contributed by atoms with Crippen LogP contribution in [-0.4, -0.2) is 30.1 Å². The summed E-state index contributed by atoms with van der Waals surface area (Å²) in [5, 5.41) is 1.61. The molecule has 1 amide bonds. The van der Waals surface area contributed by atoms with Gasteiger partial charge in [-0.3, -0.25) is 9.69 Å². The number of hydrogen-bond acceptors (Lipinski definition) is 5. The van der Waals surface area contributed by atoms with Crippen molar-refractivity contribution >= 4 is 43.6 Å². The van der Waals surface area contributed by atoms with Crippen LogP contribution in [0.2, 0.25) is 0 Å². The second-order valence-electron chi connectivity index (χ2n) is 7.57. The van der Waals surface area contributed by atoms with Crippen molar-refractivity contribution < 1.29 is 13.9 Å². The fraction of sp³-hybridized carbons (Fsp3) is 0.304. The SMILES string of the molecule is Cc1ccc(C)c2sc(N(C[C@@H]3CCCO3)C(=O)c3cc4ccccc4o3)nc12. The van der Waals surface area contributed by atoms with Gasteiger partial charge in [-0.1, -0.05) is 41.7 Å². The first-order chi connectivity index (χ1) is 14.1. The van der Waals surface area contributed by atoms with Gasteiger partial charge >= 0.3 is 0 Å². The molecule has 1 aliphatic heterocycles. The Morgan fingerprint density at radius 2 is 2.03 bits per heavy atom. The van der Waals surface area contributed by atoms with Crippen molar-refractivity contribution in [1.82, 2.24) is 4.98 Å². The van der Waals surface area contributed by atoms with Crippen molar-refractivity contribution in [3.63, 3.8) is 0 Å². The number of carbonyl (C=O) groups excluding carboxylic acids is 1. The molecule has 1 saturated heterocycles. The predicted octanol–water partition coefficient (Wildman–Crippen LogP) is 5.49. The Morgan fingerprint density at radius 1 is 1.21 bits per heavy atom. The molecule has 6 heteroatoms. The zero-order chi connectivity index (χ0) is 20.0. The molecule has 0 aliphatic carbocycles. The van der Waals surface area contributed by atoms with E-state index in [1.165, 1.54) is 5.56 Å². The second kappa shape index (κ2) is 7.28. The molecule has 0 radical (unpaired) electrons. The normalized spacial score (nSPS) is 16.7. The number of aromatic nitrogens is 1. The van der Waals surface area contributed by atoms with Gasteiger partial charge in [-0.15, -0.1) is 0 Å². The molecule has 0 spiro atoms. The number of fused-ring (bicyclic) bond motifs is 2. The first-order valence-corrected chi connectivity index (χ1v) is 10.7. The highest BCUT2D eigenvalue weighted by atomic mass is 32.1. The quantitative estimate of drug-likeness (QED) is 0.450. The van der Waals surface area contributed by atoms with Gasteiger partial charge in [0.25, 0.3) is 5.91 Å². The number of benzene rings is 2. The minimum Gasteiger partial charge on any atom is -0.451 e. The molecule has 0 unspecified atom stereocenters. The van der Waals surface area contributed by atoms with Crippen LogP contribution in [0.3, 0.4) is 0 Å². The third-order valence-electron chi connectivity index (χ3n) is 5.45. The van der Waals surface area contributed by atoms with E-state index in [0.717, 1.165) is 40.6 Å². The van der Waals surface area contributed by atoms with Crippen LogP contribution < -0.4 is 4.90 Å². The molecule has 3 heterocycles. The van der Waals surface area contributed by atoms with Gasteiger partial charge in [-0.05, 0) is 49.9 Å². The Labute approximate surface area is 172 Å². The van der Waals surface area contributed by atoms with Crippen molar-refractivity contribution in [1.29, 1.82) is 0 Å². The van der Waals surface area contributed by atoms with Gasteiger partial charge in [0.05, 0.1) is 22.9 Å². The number of thiazole rings is 1. The average molecular weight is 407 g/mol. The third-order valence-corrected chi connectivity index (χ3v) is 6.67. The lowest BCUT2D eigenvalue weighted by Crippen LogP contribution is -2.37. The molecule has 5 rings (SSSR count). The van der Waals surface area contributed by atoms with Gasteiger partial charge in [0.2, 0.25) is 0 Å². The number of hydrogen-bond donors (Lipinski definition) is 0. The summed E-state index contributed by atoms with van der Waals surface area (Å²) in [7, 11) is 0. The molecule has 148 valence electrons. The van der Waals surface area contributed by atoms with Gasteiger partial charge < -0.3 is 9.15 Å². The maximum absolute atomic E-state index is 13.5. The fourth-order valence-electron chi connectivity index (χ4n) is 3.82. The minimum atomic E-state index is -0.175. The summed E-state index contributed by atoms with van der Waals surface area (Å²) in [5.41, 5.74) is 3.95. The Morgan fingerprint density at radius 3 is 2.79 bits per heavy atom. The van der Waals surface area contributed by atoms with Gasteiger partial charge in [0.1, 0.15) is 5.58 Å². The highest BCUT2D eigenvalue weighted by Crippen LogP contribution is 2.35. The smallest absolute Gasteiger partial charge is 0.295 e. The Bertz CT molecular complexity index is 1130. The molecule has 0 N–H and O–H groups in total. The molecule has 0 bridgehead atoms. The van der Waals surface area contributed by atoms with E-state index in [9.17, 15) is 4.79 Å². The molecule has 1 atom stereocenters. The molecule has 4 aromatic rings. The lowest BCUT2D eigenvalue weighted by atomic mass is 10.1. The summed E-state index contributed by atoms with van der Waals surface area (Å²) in [5.74, 6) is 0.156. The summed E-state index contributed by atoms with van der Waals surface area (Å²) in [6, 6.07) is 13.7. The number of aryl methyl sites for hydroxylation is 2. The van der Waals surface area contributed by atoms with E-state index in [1.54, 1.807) is 16.2 Å². The molecule has 1 fully saturated rings. The Kier molecular flexibility index (Phi) is 4.60. The summed E-state index contributed by atoms with van der Waals surface area (Å²) in [4.78, 5) is 20.1. The van der Waals surface area contributed by atoms with Crippen LogP contribution >= 0.6 is 11.3 Å². The Hall–Kier alpha value is -2.70. The third kappa shape index (κ3) is 3.32. The van der Waals surface area contributed by atoms with E-state index >= 15 is 0 Å². The van der Waals surface area contributed by atoms with E-state index in [4.69, 9.17) is 14.1 Å². The minimum absolute atomic E-state index is 0.0255. The van der Waals surface area contributed by atoms with E-state index in [1.807, 2.05) is 30.3 Å². The number of carbonyl (C=O) groups is 1. The maximum Gasteiger partial charge on any atom is 0.295 e. The van der Waals surface area contributed by atoms with E-state index in [-0.39, 0.29) is 12.0 Å². The van der Waals surface area contributed by atoms with Gasteiger partial charge in [-0.25, -0.2) is 4.98 Å². The van der Waals surface area contributed by atoms with Gasteiger partial charge in [0.15, 0.2) is 10.9 Å². The highest BCUT2D eigenvalue weighted by Gasteiger charge is 2.29. The molecule has 2 aromatic carbocycles. The van der Waals surface area contributed by atoms with Crippen LogP contribution in [0.5, 0.6) is 0 Å². The predicted molar refractivity (Wildman–Crippen MR) is 116 cm³/mol. The van der Waals surface area contributed by atoms with Crippen LogP contribution in [0.1, 0.15) is 34.5 Å². The zero-order valence-corrected chi connectivity index (χ0v) is 17.3. The average Bonchev–Trinajstić information content (AvgIpc) is 3.47. The van der Waals surface area contributed by atoms with Crippen LogP contribution in [0, 0.1) is 13.8 Å². The lowest BCUT2D eigenvalue weighted by molar-refractivity contribution is 0.0896. The molecule has 5 nitrogen and oxygen atoms in total. The number of nitrogens with zero attached hydrogens (tertiary/aromatic N) is 2. The van der Waals surface area contributed by atoms with Crippen LogP contribution in [0.4, 0.5) is 5.13 Å².